The topological polar surface area (TPSA) is 19.6 Å². The molecule has 382 valence electrons. The van der Waals surface area contributed by atoms with E-state index in [1.165, 1.54) is 123 Å². The Labute approximate surface area is 449 Å². The second kappa shape index (κ2) is 15.6. The van der Waals surface area contributed by atoms with E-state index in [9.17, 15) is 0 Å². The van der Waals surface area contributed by atoms with Crippen LogP contribution in [0.2, 0.25) is 0 Å². The first kappa shape index (κ1) is 48.6. The van der Waals surface area contributed by atoms with E-state index in [1.807, 2.05) is 0 Å². The van der Waals surface area contributed by atoms with Crippen LogP contribution in [0.3, 0.4) is 0 Å². The molecule has 0 spiro atoms. The van der Waals surface area contributed by atoms with Gasteiger partial charge in [0.25, 0.3) is 6.71 Å². The van der Waals surface area contributed by atoms with Crippen molar-refractivity contribution < 1.29 is 4.42 Å². The van der Waals surface area contributed by atoms with Crippen molar-refractivity contribution in [1.29, 1.82) is 0 Å². The third kappa shape index (κ3) is 7.19. The molecule has 3 nitrogen and oxygen atoms in total. The summed E-state index contributed by atoms with van der Waals surface area (Å²) in [6.07, 6.45) is 6.93. The molecule has 0 atom stereocenters. The molecule has 0 saturated heterocycles. The van der Waals surface area contributed by atoms with Crippen LogP contribution in [0.4, 0.5) is 34.1 Å². The van der Waals surface area contributed by atoms with E-state index in [1.54, 1.807) is 0 Å². The first-order chi connectivity index (χ1) is 35.2. The number of fused-ring (bicyclic) bond motifs is 10. The minimum atomic E-state index is -0.144. The Kier molecular flexibility index (Phi) is 10.1. The molecule has 0 fully saturated rings. The van der Waals surface area contributed by atoms with Gasteiger partial charge < -0.3 is 14.2 Å². The highest BCUT2D eigenvalue weighted by Crippen LogP contribution is 2.56. The maximum absolute atomic E-state index is 7.61. The molecule has 0 saturated carbocycles. The highest BCUT2D eigenvalue weighted by atomic mass is 16.3. The number of hydrogen-bond donors (Lipinski definition) is 0. The van der Waals surface area contributed by atoms with Gasteiger partial charge in [0.1, 0.15) is 5.58 Å². The summed E-state index contributed by atoms with van der Waals surface area (Å²) in [6.45, 7) is 38.9. The van der Waals surface area contributed by atoms with Gasteiger partial charge >= 0.3 is 0 Å². The second-order valence-electron chi connectivity index (χ2n) is 29.1. The van der Waals surface area contributed by atoms with Crippen LogP contribution in [0.1, 0.15) is 187 Å². The van der Waals surface area contributed by atoms with Crippen molar-refractivity contribution >= 4 is 79.2 Å². The minimum absolute atomic E-state index is 0.00132. The summed E-state index contributed by atoms with van der Waals surface area (Å²) in [7, 11) is 0. The first-order valence-corrected chi connectivity index (χ1v) is 28.5. The Bertz CT molecular complexity index is 3750. The second-order valence-corrected chi connectivity index (χ2v) is 29.1. The number of hydrogen-bond acceptors (Lipinski definition) is 3. The molecular formula is C71H79BN2O. The van der Waals surface area contributed by atoms with Crippen LogP contribution in [0.25, 0.3) is 32.9 Å². The molecule has 4 heteroatoms. The van der Waals surface area contributed by atoms with Gasteiger partial charge in [0, 0.05) is 33.7 Å². The fraction of sp³-hybridized carbons (Fsp3) is 0.408. The van der Waals surface area contributed by atoms with Crippen LogP contribution in [-0.2, 0) is 37.9 Å². The van der Waals surface area contributed by atoms with Crippen molar-refractivity contribution in [3.8, 4) is 11.1 Å². The predicted molar refractivity (Wildman–Crippen MR) is 322 cm³/mol. The lowest BCUT2D eigenvalue weighted by molar-refractivity contribution is 0.332. The Morgan fingerprint density at radius 2 is 1.00 bits per heavy atom. The highest BCUT2D eigenvalue weighted by Gasteiger charge is 2.50. The van der Waals surface area contributed by atoms with Crippen molar-refractivity contribution in [3.63, 3.8) is 0 Å². The van der Waals surface area contributed by atoms with Crippen molar-refractivity contribution in [3.05, 3.63) is 160 Å². The molecule has 0 amide bonds. The molecule has 3 aliphatic carbocycles. The van der Waals surface area contributed by atoms with Crippen molar-refractivity contribution in [2.45, 2.75) is 187 Å². The van der Waals surface area contributed by atoms with Gasteiger partial charge in [-0.15, -0.1) is 0 Å². The lowest BCUT2D eigenvalue weighted by Crippen LogP contribution is -2.61. The molecule has 0 radical (unpaired) electrons. The number of furan rings is 1. The van der Waals surface area contributed by atoms with Gasteiger partial charge in [-0.05, 0) is 216 Å². The molecule has 0 unspecified atom stereocenters. The van der Waals surface area contributed by atoms with Gasteiger partial charge in [-0.2, -0.15) is 0 Å². The molecule has 3 heterocycles. The van der Waals surface area contributed by atoms with Crippen LogP contribution in [0.5, 0.6) is 0 Å². The van der Waals surface area contributed by atoms with Gasteiger partial charge in [-0.25, -0.2) is 0 Å². The molecule has 0 N–H and O–H groups in total. The summed E-state index contributed by atoms with van der Waals surface area (Å²) in [4.78, 5) is 5.39. The normalized spacial score (nSPS) is 20.0. The maximum Gasteiger partial charge on any atom is 0.297 e. The predicted octanol–water partition coefficient (Wildman–Crippen LogP) is 18.0. The average molecular weight is 987 g/mol. The molecule has 0 bridgehead atoms. The summed E-state index contributed by atoms with van der Waals surface area (Å²) in [5, 5.41) is 3.72. The third-order valence-corrected chi connectivity index (χ3v) is 20.0. The van der Waals surface area contributed by atoms with Gasteiger partial charge in [0.2, 0.25) is 0 Å². The van der Waals surface area contributed by atoms with Crippen molar-refractivity contribution in [2.75, 3.05) is 9.80 Å². The van der Waals surface area contributed by atoms with Crippen LogP contribution in [-0.4, -0.2) is 6.71 Å². The highest BCUT2D eigenvalue weighted by molar-refractivity contribution is 7.00. The largest absolute Gasteiger partial charge is 0.468 e. The SMILES string of the molecule is Cc1cc2c3c(c1)N(c1ccc4c(c1)C(C)(C)CCC4(C)C)c1c(oc4ccc(C(C)(C)C)cc14)B3c1cc3c(cc1N2c1cc2c(cc1-c1ccc4ccccc4c1)C(C)(C)CCC2(C)C)C(C)(C)CCC3(C)C. The van der Waals surface area contributed by atoms with E-state index in [2.05, 4.69) is 236 Å². The van der Waals surface area contributed by atoms with E-state index >= 15 is 0 Å². The summed E-state index contributed by atoms with van der Waals surface area (Å²) < 4.78 is 7.61. The Balaban J connectivity index is 1.18. The summed E-state index contributed by atoms with van der Waals surface area (Å²) in [5.74, 6) is 0. The molecule has 8 aromatic rings. The molecule has 2 aliphatic heterocycles. The zero-order valence-electron chi connectivity index (χ0n) is 48.1. The zero-order valence-corrected chi connectivity index (χ0v) is 48.1. The monoisotopic (exact) mass is 987 g/mol. The quantitative estimate of drug-likeness (QED) is 0.165. The fourth-order valence-corrected chi connectivity index (χ4v) is 14.8. The van der Waals surface area contributed by atoms with E-state index in [0.717, 1.165) is 43.3 Å². The van der Waals surface area contributed by atoms with Crippen LogP contribution in [0.15, 0.2) is 120 Å². The number of nitrogens with zero attached hydrogens (tertiary/aromatic N) is 2. The fourth-order valence-electron chi connectivity index (χ4n) is 14.8. The molecular weight excluding hydrogens is 908 g/mol. The molecule has 7 aromatic carbocycles. The Hall–Kier alpha value is -6.00. The van der Waals surface area contributed by atoms with Crippen LogP contribution in [0, 0.1) is 6.92 Å². The van der Waals surface area contributed by atoms with E-state index in [0.29, 0.717) is 0 Å². The summed E-state index contributed by atoms with van der Waals surface area (Å²) in [6, 6.07) is 46.2. The van der Waals surface area contributed by atoms with Crippen LogP contribution < -0.4 is 26.4 Å². The Morgan fingerprint density at radius 1 is 0.467 bits per heavy atom. The average Bonchev–Trinajstić information content (AvgIpc) is 3.74. The van der Waals surface area contributed by atoms with Gasteiger partial charge in [0.15, 0.2) is 0 Å². The van der Waals surface area contributed by atoms with Crippen LogP contribution >= 0.6 is 0 Å². The molecule has 1 aromatic heterocycles. The zero-order chi connectivity index (χ0) is 52.9. The molecule has 75 heavy (non-hydrogen) atoms. The smallest absolute Gasteiger partial charge is 0.297 e. The molecule has 5 aliphatic rings. The lowest BCUT2D eigenvalue weighted by Gasteiger charge is -2.48. The van der Waals surface area contributed by atoms with Gasteiger partial charge in [-0.3, -0.25) is 0 Å². The van der Waals surface area contributed by atoms with E-state index in [4.69, 9.17) is 4.42 Å². The minimum Gasteiger partial charge on any atom is -0.468 e. The lowest BCUT2D eigenvalue weighted by atomic mass is 9.35. The summed E-state index contributed by atoms with van der Waals surface area (Å²) >= 11 is 0. The maximum atomic E-state index is 7.61. The van der Waals surface area contributed by atoms with E-state index < -0.39 is 0 Å². The number of rotatable bonds is 3. The number of anilines is 6. The van der Waals surface area contributed by atoms with Gasteiger partial charge in [-0.1, -0.05) is 158 Å². The number of aryl methyl sites for hydroxylation is 1. The standard InChI is InChI=1S/C71H79BN2O/c1-42-33-59-62-60(34-42)74(57-40-54-52(68(9,10)29-31-70(54,13)14)38-48(57)45-22-21-43-19-17-18-20-44(43)35-45)58-41-55-53(69(11,12)30-32-71(55,15)16)39-56(58)72(62)64-63(49-36-46(65(2,3)4)23-26-61(49)75-64)73(59)47-24-25-50-51(37-47)67(7,8)28-27-66(50,5)6/h17-26,33-41H,27-32H2,1-16H3. The van der Waals surface area contributed by atoms with Gasteiger partial charge in [0.05, 0.1) is 17.0 Å². The molecule has 13 rings (SSSR count). The Morgan fingerprint density at radius 3 is 1.61 bits per heavy atom. The summed E-state index contributed by atoms with van der Waals surface area (Å²) in [5.41, 5.74) is 26.1. The van der Waals surface area contributed by atoms with E-state index in [-0.39, 0.29) is 44.6 Å². The number of benzene rings is 7. The third-order valence-electron chi connectivity index (χ3n) is 20.0. The first-order valence-electron chi connectivity index (χ1n) is 28.5. The van der Waals surface area contributed by atoms with Crippen molar-refractivity contribution in [1.82, 2.24) is 0 Å². The van der Waals surface area contributed by atoms with Crippen molar-refractivity contribution in [2.24, 2.45) is 0 Å².